The molecule has 0 saturated carbocycles. The lowest BCUT2D eigenvalue weighted by molar-refractivity contribution is -0.119. The molecule has 0 aromatic carbocycles. The van der Waals surface area contributed by atoms with Gasteiger partial charge in [-0.3, -0.25) is 4.79 Å². The summed E-state index contributed by atoms with van der Waals surface area (Å²) in [6.45, 7) is 0.134. The second-order valence-corrected chi connectivity index (χ2v) is 7.13. The summed E-state index contributed by atoms with van der Waals surface area (Å²) in [7, 11) is -2.92. The van der Waals surface area contributed by atoms with Gasteiger partial charge in [-0.25, -0.2) is 8.42 Å². The minimum absolute atomic E-state index is 0.0695. The first-order valence-corrected chi connectivity index (χ1v) is 8.19. The molecule has 0 radical (unpaired) electrons. The normalized spacial score (nSPS) is 23.2. The Labute approximate surface area is 99.9 Å². The number of hydrogen-bond acceptors (Lipinski definition) is 5. The molecule has 7 heteroatoms. The van der Waals surface area contributed by atoms with E-state index in [1.807, 2.05) is 0 Å². The average molecular weight is 267 g/mol. The van der Waals surface area contributed by atoms with Crippen LogP contribution >= 0.6 is 11.8 Å². The highest BCUT2D eigenvalue weighted by Crippen LogP contribution is 2.11. The highest BCUT2D eigenvalue weighted by atomic mass is 32.2. The number of amides is 1. The molecule has 2 N–H and O–H groups in total. The van der Waals surface area contributed by atoms with Gasteiger partial charge in [0.05, 0.1) is 17.3 Å². The van der Waals surface area contributed by atoms with E-state index in [2.05, 4.69) is 5.32 Å². The Balaban J connectivity index is 2.15. The Morgan fingerprint density at radius 2 is 2.25 bits per heavy atom. The van der Waals surface area contributed by atoms with E-state index >= 15 is 0 Å². The fourth-order valence-electron chi connectivity index (χ4n) is 1.51. The van der Waals surface area contributed by atoms with Gasteiger partial charge in [0, 0.05) is 12.6 Å². The fourth-order valence-corrected chi connectivity index (χ4v) is 3.93. The summed E-state index contributed by atoms with van der Waals surface area (Å²) < 4.78 is 22.3. The van der Waals surface area contributed by atoms with Gasteiger partial charge in [0.25, 0.3) is 0 Å². The standard InChI is InChI=1S/C9H17NO4S2/c11-3-1-4-15-6-9(12)10-8-2-5-16(13,14)7-8/h8,11H,1-7H2,(H,10,12). The molecule has 1 fully saturated rings. The molecule has 0 bridgehead atoms. The van der Waals surface area contributed by atoms with E-state index in [1.54, 1.807) is 0 Å². The van der Waals surface area contributed by atoms with Crippen molar-refractivity contribution in [3.63, 3.8) is 0 Å². The lowest BCUT2D eigenvalue weighted by Gasteiger charge is -2.10. The summed E-state index contributed by atoms with van der Waals surface area (Å²) in [6.07, 6.45) is 1.20. The number of nitrogens with one attached hydrogen (secondary N) is 1. The summed E-state index contributed by atoms with van der Waals surface area (Å²) in [4.78, 5) is 11.4. The van der Waals surface area contributed by atoms with Gasteiger partial charge in [-0.15, -0.1) is 0 Å². The number of thioether (sulfide) groups is 1. The predicted molar refractivity (Wildman–Crippen MR) is 64.2 cm³/mol. The van der Waals surface area contributed by atoms with E-state index < -0.39 is 9.84 Å². The molecular formula is C9H17NO4S2. The van der Waals surface area contributed by atoms with E-state index in [-0.39, 0.29) is 30.1 Å². The van der Waals surface area contributed by atoms with Crippen LogP contribution in [0.5, 0.6) is 0 Å². The van der Waals surface area contributed by atoms with E-state index in [4.69, 9.17) is 5.11 Å². The largest absolute Gasteiger partial charge is 0.396 e. The van der Waals surface area contributed by atoms with Gasteiger partial charge in [-0.2, -0.15) is 11.8 Å². The zero-order valence-electron chi connectivity index (χ0n) is 9.02. The quantitative estimate of drug-likeness (QED) is 0.628. The van der Waals surface area contributed by atoms with Crippen LogP contribution < -0.4 is 5.32 Å². The molecule has 0 aromatic heterocycles. The third-order valence-corrected chi connectivity index (χ3v) is 5.09. The number of carbonyl (C=O) groups is 1. The molecule has 1 heterocycles. The van der Waals surface area contributed by atoms with Crippen LogP contribution in [-0.2, 0) is 14.6 Å². The zero-order chi connectivity index (χ0) is 12.0. The van der Waals surface area contributed by atoms with Gasteiger partial charge in [0.15, 0.2) is 9.84 Å². The lowest BCUT2D eigenvalue weighted by Crippen LogP contribution is -2.36. The third kappa shape index (κ3) is 5.18. The van der Waals surface area contributed by atoms with Crippen LogP contribution in [0.15, 0.2) is 0 Å². The molecule has 1 aliphatic rings. The van der Waals surface area contributed by atoms with Crippen molar-refractivity contribution in [1.82, 2.24) is 5.32 Å². The summed E-state index contributed by atoms with van der Waals surface area (Å²) in [5, 5.41) is 11.2. The number of aliphatic hydroxyl groups is 1. The average Bonchev–Trinajstić information content (AvgIpc) is 2.53. The van der Waals surface area contributed by atoms with E-state index in [1.165, 1.54) is 11.8 Å². The van der Waals surface area contributed by atoms with Crippen LogP contribution in [0.4, 0.5) is 0 Å². The Morgan fingerprint density at radius 1 is 1.50 bits per heavy atom. The molecule has 0 spiro atoms. The topological polar surface area (TPSA) is 83.5 Å². The van der Waals surface area contributed by atoms with Crippen LogP contribution in [0.25, 0.3) is 0 Å². The van der Waals surface area contributed by atoms with Crippen molar-refractivity contribution in [3.8, 4) is 0 Å². The first-order valence-electron chi connectivity index (χ1n) is 5.22. The molecule has 94 valence electrons. The summed E-state index contributed by atoms with van der Waals surface area (Å²) in [6, 6.07) is -0.212. The Morgan fingerprint density at radius 3 is 2.81 bits per heavy atom. The molecule has 1 amide bonds. The smallest absolute Gasteiger partial charge is 0.230 e. The Kier molecular flexibility index (Phi) is 5.57. The van der Waals surface area contributed by atoms with E-state index in [0.29, 0.717) is 18.6 Å². The molecule has 1 saturated heterocycles. The van der Waals surface area contributed by atoms with Crippen molar-refractivity contribution in [1.29, 1.82) is 0 Å². The number of rotatable bonds is 6. The zero-order valence-corrected chi connectivity index (χ0v) is 10.6. The van der Waals surface area contributed by atoms with E-state index in [0.717, 1.165) is 5.75 Å². The monoisotopic (exact) mass is 267 g/mol. The predicted octanol–water partition coefficient (Wildman–Crippen LogP) is -0.595. The Hall–Kier alpha value is -0.270. The first kappa shape index (κ1) is 13.8. The highest BCUT2D eigenvalue weighted by molar-refractivity contribution is 7.99. The van der Waals surface area contributed by atoms with Gasteiger partial charge in [0.1, 0.15) is 0 Å². The minimum atomic E-state index is -2.92. The summed E-state index contributed by atoms with van der Waals surface area (Å²) in [5.41, 5.74) is 0. The number of sulfone groups is 1. The number of aliphatic hydroxyl groups excluding tert-OH is 1. The van der Waals surface area contributed by atoms with Crippen LogP contribution in [0.2, 0.25) is 0 Å². The van der Waals surface area contributed by atoms with Crippen LogP contribution in [0, 0.1) is 0 Å². The molecule has 1 atom stereocenters. The van der Waals surface area contributed by atoms with Gasteiger partial charge in [-0.05, 0) is 18.6 Å². The third-order valence-electron chi connectivity index (χ3n) is 2.28. The van der Waals surface area contributed by atoms with Crippen molar-refractivity contribution in [2.45, 2.75) is 18.9 Å². The molecule has 16 heavy (non-hydrogen) atoms. The van der Waals surface area contributed by atoms with Crippen LogP contribution in [0.1, 0.15) is 12.8 Å². The molecular weight excluding hydrogens is 250 g/mol. The number of hydrogen-bond donors (Lipinski definition) is 2. The van der Waals surface area contributed by atoms with Crippen molar-refractivity contribution < 1.29 is 18.3 Å². The lowest BCUT2D eigenvalue weighted by atomic mass is 10.3. The van der Waals surface area contributed by atoms with Crippen molar-refractivity contribution in [2.24, 2.45) is 0 Å². The van der Waals surface area contributed by atoms with Gasteiger partial charge < -0.3 is 10.4 Å². The molecule has 0 aromatic rings. The van der Waals surface area contributed by atoms with Crippen LogP contribution in [-0.4, -0.2) is 55.1 Å². The number of carbonyl (C=O) groups excluding carboxylic acids is 1. The molecule has 1 unspecified atom stereocenters. The van der Waals surface area contributed by atoms with Gasteiger partial charge in [0.2, 0.25) is 5.91 Å². The second kappa shape index (κ2) is 6.46. The molecule has 1 aliphatic heterocycles. The van der Waals surface area contributed by atoms with Gasteiger partial charge >= 0.3 is 0 Å². The highest BCUT2D eigenvalue weighted by Gasteiger charge is 2.28. The van der Waals surface area contributed by atoms with E-state index in [9.17, 15) is 13.2 Å². The van der Waals surface area contributed by atoms with Crippen LogP contribution in [0.3, 0.4) is 0 Å². The molecule has 0 aliphatic carbocycles. The van der Waals surface area contributed by atoms with Crippen molar-refractivity contribution >= 4 is 27.5 Å². The van der Waals surface area contributed by atoms with Crippen molar-refractivity contribution in [2.75, 3.05) is 29.6 Å². The molecule has 5 nitrogen and oxygen atoms in total. The maximum absolute atomic E-state index is 11.4. The van der Waals surface area contributed by atoms with Crippen molar-refractivity contribution in [3.05, 3.63) is 0 Å². The molecule has 1 rings (SSSR count). The first-order chi connectivity index (χ1) is 7.53. The summed E-state index contributed by atoms with van der Waals surface area (Å²) in [5.74, 6) is 1.20. The van der Waals surface area contributed by atoms with Gasteiger partial charge in [-0.1, -0.05) is 0 Å². The Bertz CT molecular complexity index is 328. The summed E-state index contributed by atoms with van der Waals surface area (Å²) >= 11 is 1.45. The fraction of sp³-hybridized carbons (Fsp3) is 0.889. The maximum Gasteiger partial charge on any atom is 0.230 e. The minimum Gasteiger partial charge on any atom is -0.396 e. The maximum atomic E-state index is 11.4. The SMILES string of the molecule is O=C(CSCCCO)NC1CCS(=O)(=O)C1. The second-order valence-electron chi connectivity index (χ2n) is 3.80.